The van der Waals surface area contributed by atoms with Gasteiger partial charge in [-0.05, 0) is 48.4 Å². The maximum atomic E-state index is 5.23. The van der Waals surface area contributed by atoms with E-state index in [0.717, 1.165) is 23.1 Å². The van der Waals surface area contributed by atoms with Gasteiger partial charge in [0.2, 0.25) is 0 Å². The molecule has 0 aliphatic rings. The molecule has 0 saturated carbocycles. The Balaban J connectivity index is 2.49. The molecule has 0 amide bonds. The van der Waals surface area contributed by atoms with Gasteiger partial charge in [-0.15, -0.1) is 0 Å². The molecule has 0 aliphatic carbocycles. The number of hydrogen-bond acceptors (Lipinski definition) is 2. The van der Waals surface area contributed by atoms with Gasteiger partial charge in [0.05, 0.1) is 22.9 Å². The predicted molar refractivity (Wildman–Crippen MR) is 77.9 cm³/mol. The Kier molecular flexibility index (Phi) is 5.91. The van der Waals surface area contributed by atoms with Gasteiger partial charge >= 0.3 is 0 Å². The summed E-state index contributed by atoms with van der Waals surface area (Å²) in [6.07, 6.45) is 2.87. The molecule has 0 radical (unpaired) electrons. The normalized spacial score (nSPS) is 12.2. The van der Waals surface area contributed by atoms with Crippen LogP contribution in [-0.2, 0) is 13.1 Å². The van der Waals surface area contributed by atoms with Crippen LogP contribution in [0.3, 0.4) is 0 Å². The highest BCUT2D eigenvalue weighted by atomic mass is 79.9. The Labute approximate surface area is 116 Å². The lowest BCUT2D eigenvalue weighted by Gasteiger charge is -2.15. The zero-order valence-electron chi connectivity index (χ0n) is 10.5. The molecule has 1 aromatic rings. The van der Waals surface area contributed by atoms with Crippen LogP contribution in [0.2, 0.25) is 0 Å². The molecule has 1 aromatic heterocycles. The van der Waals surface area contributed by atoms with Crippen LogP contribution in [0.25, 0.3) is 0 Å². The van der Waals surface area contributed by atoms with Crippen LogP contribution in [0.5, 0.6) is 0 Å². The molecule has 2 N–H and O–H groups in total. The molecule has 96 valence electrons. The van der Waals surface area contributed by atoms with Crippen molar-refractivity contribution in [3.8, 4) is 0 Å². The Bertz CT molecular complexity index is 378. The summed E-state index contributed by atoms with van der Waals surface area (Å²) in [5.41, 5.74) is 1.11. The molecule has 0 aromatic carbocycles. The molecule has 4 nitrogen and oxygen atoms in total. The van der Waals surface area contributed by atoms with Crippen molar-refractivity contribution in [2.24, 2.45) is 0 Å². The summed E-state index contributed by atoms with van der Waals surface area (Å²) >= 11 is 8.71. The van der Waals surface area contributed by atoms with Crippen LogP contribution in [0.1, 0.15) is 32.9 Å². The van der Waals surface area contributed by atoms with Crippen LogP contribution >= 0.6 is 28.1 Å². The molecule has 1 heterocycles. The molecule has 6 heteroatoms. The van der Waals surface area contributed by atoms with E-state index in [1.54, 1.807) is 0 Å². The minimum absolute atomic E-state index is 0.398. The Morgan fingerprint density at radius 1 is 1.59 bits per heavy atom. The van der Waals surface area contributed by atoms with Crippen molar-refractivity contribution < 1.29 is 0 Å². The summed E-state index contributed by atoms with van der Waals surface area (Å²) in [5.74, 6) is 0. The van der Waals surface area contributed by atoms with Gasteiger partial charge in [-0.25, -0.2) is 0 Å². The zero-order chi connectivity index (χ0) is 12.8. The highest BCUT2D eigenvalue weighted by Gasteiger charge is 2.08. The topological polar surface area (TPSA) is 41.9 Å². The van der Waals surface area contributed by atoms with E-state index in [-0.39, 0.29) is 0 Å². The fraction of sp³-hybridized carbons (Fsp3) is 0.636. The van der Waals surface area contributed by atoms with Crippen molar-refractivity contribution in [1.29, 1.82) is 0 Å². The molecule has 17 heavy (non-hydrogen) atoms. The Morgan fingerprint density at radius 2 is 2.29 bits per heavy atom. The van der Waals surface area contributed by atoms with Gasteiger partial charge in [-0.1, -0.05) is 6.92 Å². The smallest absolute Gasteiger partial charge is 0.166 e. The van der Waals surface area contributed by atoms with E-state index >= 15 is 0 Å². The first-order valence-electron chi connectivity index (χ1n) is 5.83. The number of nitrogens with one attached hydrogen (secondary N) is 2. The van der Waals surface area contributed by atoms with E-state index in [0.29, 0.717) is 17.7 Å². The van der Waals surface area contributed by atoms with E-state index in [1.807, 2.05) is 10.9 Å². The van der Waals surface area contributed by atoms with Crippen LogP contribution in [0.15, 0.2) is 10.7 Å². The predicted octanol–water partition coefficient (Wildman–Crippen LogP) is 2.43. The van der Waals surface area contributed by atoms with E-state index in [1.165, 1.54) is 0 Å². The summed E-state index contributed by atoms with van der Waals surface area (Å²) in [5, 5.41) is 11.4. The highest BCUT2D eigenvalue weighted by Crippen LogP contribution is 2.15. The molecular weight excluding hydrogens is 300 g/mol. The molecule has 0 saturated heterocycles. The number of aryl methyl sites for hydroxylation is 1. The third-order valence-corrected chi connectivity index (χ3v) is 3.53. The van der Waals surface area contributed by atoms with Crippen molar-refractivity contribution in [2.45, 2.75) is 46.3 Å². The number of halogens is 1. The summed E-state index contributed by atoms with van der Waals surface area (Å²) in [6.45, 7) is 7.84. The second kappa shape index (κ2) is 6.96. The molecule has 0 fully saturated rings. The second-order valence-corrected chi connectivity index (χ2v) is 5.15. The van der Waals surface area contributed by atoms with Gasteiger partial charge in [0.15, 0.2) is 5.11 Å². The van der Waals surface area contributed by atoms with Gasteiger partial charge in [0, 0.05) is 12.6 Å². The fourth-order valence-corrected chi connectivity index (χ4v) is 2.09. The number of thiocarbonyl (C=S) groups is 1. The van der Waals surface area contributed by atoms with Gasteiger partial charge in [0.1, 0.15) is 0 Å². The fourth-order valence-electron chi connectivity index (χ4n) is 1.38. The van der Waals surface area contributed by atoms with Gasteiger partial charge in [-0.2, -0.15) is 5.10 Å². The zero-order valence-corrected chi connectivity index (χ0v) is 12.9. The number of nitrogens with zero attached hydrogens (tertiary/aromatic N) is 2. The SMILES string of the molecule is CCC(C)NC(=S)NCc1c(Br)cnn1CC. The average molecular weight is 319 g/mol. The first-order valence-corrected chi connectivity index (χ1v) is 7.03. The molecule has 1 atom stereocenters. The maximum absolute atomic E-state index is 5.23. The lowest BCUT2D eigenvalue weighted by molar-refractivity contribution is 0.600. The molecule has 1 rings (SSSR count). The van der Waals surface area contributed by atoms with Gasteiger partial charge in [0.25, 0.3) is 0 Å². The number of hydrogen-bond donors (Lipinski definition) is 2. The number of aromatic nitrogens is 2. The van der Waals surface area contributed by atoms with E-state index in [4.69, 9.17) is 12.2 Å². The minimum atomic E-state index is 0.398. The standard InChI is InChI=1S/C11H19BrN4S/c1-4-8(3)15-11(17)13-7-10-9(12)6-14-16(10)5-2/h6,8H,4-5,7H2,1-3H3,(H2,13,15,17). The van der Waals surface area contributed by atoms with Crippen LogP contribution in [0, 0.1) is 0 Å². The third-order valence-electron chi connectivity index (χ3n) is 2.60. The van der Waals surface area contributed by atoms with Crippen molar-refractivity contribution in [3.63, 3.8) is 0 Å². The molecule has 0 aliphatic heterocycles. The average Bonchev–Trinajstić information content (AvgIpc) is 2.67. The Morgan fingerprint density at radius 3 is 2.88 bits per heavy atom. The summed E-state index contributed by atoms with van der Waals surface area (Å²) in [4.78, 5) is 0. The minimum Gasteiger partial charge on any atom is -0.360 e. The molecule has 1 unspecified atom stereocenters. The van der Waals surface area contributed by atoms with Crippen molar-refractivity contribution >= 4 is 33.3 Å². The maximum Gasteiger partial charge on any atom is 0.166 e. The Hall–Kier alpha value is -0.620. The van der Waals surface area contributed by atoms with E-state index < -0.39 is 0 Å². The lowest BCUT2D eigenvalue weighted by Crippen LogP contribution is -2.40. The van der Waals surface area contributed by atoms with E-state index in [2.05, 4.69) is 52.4 Å². The van der Waals surface area contributed by atoms with Crippen molar-refractivity contribution in [2.75, 3.05) is 0 Å². The quantitative estimate of drug-likeness (QED) is 0.818. The second-order valence-electron chi connectivity index (χ2n) is 3.89. The number of rotatable bonds is 5. The van der Waals surface area contributed by atoms with Crippen molar-refractivity contribution in [3.05, 3.63) is 16.4 Å². The van der Waals surface area contributed by atoms with E-state index in [9.17, 15) is 0 Å². The summed E-state index contributed by atoms with van der Waals surface area (Å²) in [6, 6.07) is 0.398. The van der Waals surface area contributed by atoms with Crippen LogP contribution in [-0.4, -0.2) is 20.9 Å². The monoisotopic (exact) mass is 318 g/mol. The molecule has 0 spiro atoms. The molecular formula is C11H19BrN4S. The largest absolute Gasteiger partial charge is 0.360 e. The molecule has 0 bridgehead atoms. The van der Waals surface area contributed by atoms with Gasteiger partial charge in [-0.3, -0.25) is 4.68 Å². The third kappa shape index (κ3) is 4.27. The first kappa shape index (κ1) is 14.4. The van der Waals surface area contributed by atoms with Gasteiger partial charge < -0.3 is 10.6 Å². The van der Waals surface area contributed by atoms with Crippen molar-refractivity contribution in [1.82, 2.24) is 20.4 Å². The highest BCUT2D eigenvalue weighted by molar-refractivity contribution is 9.10. The summed E-state index contributed by atoms with van der Waals surface area (Å²) < 4.78 is 2.96. The van der Waals surface area contributed by atoms with Crippen LogP contribution in [0.4, 0.5) is 0 Å². The van der Waals surface area contributed by atoms with Crippen LogP contribution < -0.4 is 10.6 Å². The lowest BCUT2D eigenvalue weighted by atomic mass is 10.3. The first-order chi connectivity index (χ1) is 8.08. The summed E-state index contributed by atoms with van der Waals surface area (Å²) in [7, 11) is 0.